The molecule has 2 aromatic carbocycles. The summed E-state index contributed by atoms with van der Waals surface area (Å²) in [5.74, 6) is -0.110. The summed E-state index contributed by atoms with van der Waals surface area (Å²) >= 11 is 0. The molecule has 2 aromatic rings. The minimum Gasteiger partial charge on any atom is -0.393 e. The lowest BCUT2D eigenvalue weighted by molar-refractivity contribution is 0.0804. The number of hydrogen-bond donors (Lipinski definition) is 2. The Balaban J connectivity index is 1.63. The number of aliphatic hydroxyl groups is 1. The summed E-state index contributed by atoms with van der Waals surface area (Å²) in [7, 11) is 0. The van der Waals surface area contributed by atoms with Gasteiger partial charge < -0.3 is 15.3 Å². The monoisotopic (exact) mass is 366 g/mol. The molecule has 1 amide bonds. The lowest BCUT2D eigenvalue weighted by Crippen LogP contribution is -2.40. The van der Waals surface area contributed by atoms with Crippen LogP contribution in [0.25, 0.3) is 11.1 Å². The topological polar surface area (TPSA) is 69.6 Å². The number of nitrogens with zero attached hydrogens (tertiary/aromatic N) is 1. The largest absolute Gasteiger partial charge is 0.393 e. The van der Waals surface area contributed by atoms with E-state index in [1.165, 1.54) is 0 Å². The first kappa shape index (κ1) is 19.3. The van der Waals surface area contributed by atoms with Gasteiger partial charge in [-0.3, -0.25) is 9.59 Å². The van der Waals surface area contributed by atoms with Crippen molar-refractivity contribution in [3.8, 4) is 11.1 Å². The van der Waals surface area contributed by atoms with E-state index in [1.54, 1.807) is 19.1 Å². The quantitative estimate of drug-likeness (QED) is 0.772. The Labute approximate surface area is 160 Å². The van der Waals surface area contributed by atoms with Crippen LogP contribution in [0.3, 0.4) is 0 Å². The van der Waals surface area contributed by atoms with Crippen molar-refractivity contribution in [2.45, 2.75) is 25.9 Å². The average molecular weight is 366 g/mol. The minimum absolute atomic E-state index is 0.00658. The van der Waals surface area contributed by atoms with E-state index in [9.17, 15) is 14.7 Å². The summed E-state index contributed by atoms with van der Waals surface area (Å²) in [6, 6.07) is 14.8. The molecule has 0 aliphatic carbocycles. The van der Waals surface area contributed by atoms with Crippen LogP contribution in [0.2, 0.25) is 0 Å². The minimum atomic E-state index is -0.184. The Hall–Kier alpha value is -2.50. The van der Waals surface area contributed by atoms with Gasteiger partial charge in [0.2, 0.25) is 0 Å². The summed E-state index contributed by atoms with van der Waals surface area (Å²) in [6.45, 7) is 4.65. The highest BCUT2D eigenvalue weighted by atomic mass is 16.3. The fourth-order valence-corrected chi connectivity index (χ4v) is 3.44. The molecule has 142 valence electrons. The third-order valence-electron chi connectivity index (χ3n) is 5.01. The fourth-order valence-electron chi connectivity index (χ4n) is 3.44. The summed E-state index contributed by atoms with van der Waals surface area (Å²) in [4.78, 5) is 26.6. The molecule has 0 radical (unpaired) electrons. The van der Waals surface area contributed by atoms with Gasteiger partial charge in [0, 0.05) is 37.3 Å². The van der Waals surface area contributed by atoms with E-state index in [1.807, 2.05) is 36.4 Å². The maximum Gasteiger partial charge on any atom is 0.251 e. The molecule has 5 heteroatoms. The number of carbonyl (C=O) groups excluding carboxylic acids is 2. The molecule has 0 aromatic heterocycles. The Morgan fingerprint density at radius 1 is 1.11 bits per heavy atom. The highest BCUT2D eigenvalue weighted by Crippen LogP contribution is 2.25. The number of ketones is 1. The second-order valence-electron chi connectivity index (χ2n) is 7.01. The molecule has 0 saturated carbocycles. The lowest BCUT2D eigenvalue weighted by atomic mass is 9.96. The van der Waals surface area contributed by atoms with Gasteiger partial charge in [0.15, 0.2) is 5.78 Å². The maximum absolute atomic E-state index is 12.5. The molecule has 2 N–H and O–H groups in total. The Morgan fingerprint density at radius 2 is 1.85 bits per heavy atom. The third-order valence-corrected chi connectivity index (χ3v) is 5.01. The first-order valence-electron chi connectivity index (χ1n) is 9.43. The number of aliphatic hydroxyl groups excluding tert-OH is 1. The first-order valence-corrected chi connectivity index (χ1v) is 9.43. The van der Waals surface area contributed by atoms with Crippen LogP contribution in [-0.4, -0.2) is 54.0 Å². The molecular formula is C22H26N2O3. The van der Waals surface area contributed by atoms with Gasteiger partial charge >= 0.3 is 0 Å². The van der Waals surface area contributed by atoms with Crippen LogP contribution < -0.4 is 5.32 Å². The predicted octanol–water partition coefficient (Wildman–Crippen LogP) is 2.74. The molecule has 1 heterocycles. The molecule has 1 saturated heterocycles. The summed E-state index contributed by atoms with van der Waals surface area (Å²) in [5, 5.41) is 12.5. The van der Waals surface area contributed by atoms with E-state index in [4.69, 9.17) is 0 Å². The van der Waals surface area contributed by atoms with Crippen LogP contribution >= 0.6 is 0 Å². The zero-order valence-corrected chi connectivity index (χ0v) is 15.6. The maximum atomic E-state index is 12.5. The molecule has 1 fully saturated rings. The number of benzene rings is 2. The van der Waals surface area contributed by atoms with Gasteiger partial charge in [-0.2, -0.15) is 0 Å². The van der Waals surface area contributed by atoms with Gasteiger partial charge in [-0.1, -0.05) is 36.4 Å². The molecule has 0 atom stereocenters. The summed E-state index contributed by atoms with van der Waals surface area (Å²) < 4.78 is 0. The van der Waals surface area contributed by atoms with Crippen LogP contribution in [0, 0.1) is 0 Å². The van der Waals surface area contributed by atoms with Crippen LogP contribution in [0.4, 0.5) is 0 Å². The molecule has 27 heavy (non-hydrogen) atoms. The van der Waals surface area contributed by atoms with Gasteiger partial charge in [0.05, 0.1) is 6.10 Å². The van der Waals surface area contributed by atoms with E-state index in [0.29, 0.717) is 17.7 Å². The second-order valence-corrected chi connectivity index (χ2v) is 7.01. The van der Waals surface area contributed by atoms with E-state index in [0.717, 1.165) is 43.6 Å². The molecule has 1 aliphatic heterocycles. The number of carbonyl (C=O) groups is 2. The van der Waals surface area contributed by atoms with Crippen molar-refractivity contribution < 1.29 is 14.7 Å². The first-order chi connectivity index (χ1) is 13.0. The second kappa shape index (κ2) is 8.93. The van der Waals surface area contributed by atoms with E-state index in [-0.39, 0.29) is 17.8 Å². The number of amides is 1. The Kier molecular flexibility index (Phi) is 6.37. The van der Waals surface area contributed by atoms with Gasteiger partial charge in [0.25, 0.3) is 5.91 Å². The standard InChI is InChI=1S/C22H26N2O3/c1-16(25)20-7-2-3-8-21(20)17-5-4-6-18(15-17)22(27)23-11-14-24-12-9-19(26)10-13-24/h2-8,15,19,26H,9-14H2,1H3,(H,23,27). The lowest BCUT2D eigenvalue weighted by Gasteiger charge is -2.29. The molecule has 3 rings (SSSR count). The van der Waals surface area contributed by atoms with Gasteiger partial charge in [-0.15, -0.1) is 0 Å². The SMILES string of the molecule is CC(=O)c1ccccc1-c1cccc(C(=O)NCCN2CCC(O)CC2)c1. The molecule has 5 nitrogen and oxygen atoms in total. The molecular weight excluding hydrogens is 340 g/mol. The highest BCUT2D eigenvalue weighted by molar-refractivity contribution is 6.02. The number of hydrogen-bond acceptors (Lipinski definition) is 4. The Bertz CT molecular complexity index is 811. The molecule has 0 spiro atoms. The van der Waals surface area contributed by atoms with Crippen molar-refractivity contribution in [3.63, 3.8) is 0 Å². The van der Waals surface area contributed by atoms with Crippen LogP contribution in [0.15, 0.2) is 48.5 Å². The molecule has 1 aliphatic rings. The number of piperidine rings is 1. The van der Waals surface area contributed by atoms with E-state index in [2.05, 4.69) is 10.2 Å². The summed E-state index contributed by atoms with van der Waals surface area (Å²) in [5.41, 5.74) is 2.94. The van der Waals surface area contributed by atoms with Crippen molar-refractivity contribution in [1.29, 1.82) is 0 Å². The summed E-state index contributed by atoms with van der Waals surface area (Å²) in [6.07, 6.45) is 1.41. The zero-order valence-electron chi connectivity index (χ0n) is 15.6. The van der Waals surface area contributed by atoms with Gasteiger partial charge in [-0.05, 0) is 43.0 Å². The van der Waals surface area contributed by atoms with Gasteiger partial charge in [-0.25, -0.2) is 0 Å². The number of likely N-dealkylation sites (tertiary alicyclic amines) is 1. The Morgan fingerprint density at radius 3 is 2.59 bits per heavy atom. The smallest absolute Gasteiger partial charge is 0.251 e. The normalized spacial score (nSPS) is 15.5. The van der Waals surface area contributed by atoms with Crippen molar-refractivity contribution in [3.05, 3.63) is 59.7 Å². The van der Waals surface area contributed by atoms with Crippen molar-refractivity contribution >= 4 is 11.7 Å². The van der Waals surface area contributed by atoms with E-state index >= 15 is 0 Å². The molecule has 0 unspecified atom stereocenters. The van der Waals surface area contributed by atoms with Crippen LogP contribution in [0.5, 0.6) is 0 Å². The van der Waals surface area contributed by atoms with Crippen molar-refractivity contribution in [2.24, 2.45) is 0 Å². The number of nitrogens with one attached hydrogen (secondary N) is 1. The van der Waals surface area contributed by atoms with Crippen LogP contribution in [0.1, 0.15) is 40.5 Å². The molecule has 0 bridgehead atoms. The zero-order chi connectivity index (χ0) is 19.2. The highest BCUT2D eigenvalue weighted by Gasteiger charge is 2.17. The van der Waals surface area contributed by atoms with E-state index < -0.39 is 0 Å². The average Bonchev–Trinajstić information content (AvgIpc) is 2.69. The number of rotatable bonds is 6. The number of Topliss-reactive ketones (excluding diaryl/α,β-unsaturated/α-hetero) is 1. The predicted molar refractivity (Wildman–Crippen MR) is 106 cm³/mol. The van der Waals surface area contributed by atoms with Crippen molar-refractivity contribution in [1.82, 2.24) is 10.2 Å². The third kappa shape index (κ3) is 5.02. The van der Waals surface area contributed by atoms with Gasteiger partial charge in [0.1, 0.15) is 0 Å². The van der Waals surface area contributed by atoms with Crippen molar-refractivity contribution in [2.75, 3.05) is 26.2 Å². The van der Waals surface area contributed by atoms with Crippen LogP contribution in [-0.2, 0) is 0 Å². The fraction of sp³-hybridized carbons (Fsp3) is 0.364.